The molecule has 0 aliphatic heterocycles. The predicted molar refractivity (Wildman–Crippen MR) is 77.2 cm³/mol. The summed E-state index contributed by atoms with van der Waals surface area (Å²) in [5, 5.41) is 0. The SMILES string of the molecule is Cc1ccccc1CN(C)Cc1cccc(F)c1N. The number of nitrogens with zero attached hydrogens (tertiary/aromatic N) is 1. The lowest BCUT2D eigenvalue weighted by atomic mass is 10.1. The van der Waals surface area contributed by atoms with E-state index in [1.807, 2.05) is 25.2 Å². The van der Waals surface area contributed by atoms with Gasteiger partial charge in [-0.05, 0) is 36.7 Å². The van der Waals surface area contributed by atoms with Gasteiger partial charge in [-0.25, -0.2) is 4.39 Å². The fourth-order valence-electron chi connectivity index (χ4n) is 2.14. The maximum atomic E-state index is 13.4. The molecule has 0 spiro atoms. The molecule has 0 saturated carbocycles. The minimum Gasteiger partial charge on any atom is -0.396 e. The van der Waals surface area contributed by atoms with Crippen molar-refractivity contribution in [3.63, 3.8) is 0 Å². The second kappa shape index (κ2) is 5.85. The highest BCUT2D eigenvalue weighted by atomic mass is 19.1. The Balaban J connectivity index is 2.08. The number of para-hydroxylation sites is 1. The summed E-state index contributed by atoms with van der Waals surface area (Å²) in [4.78, 5) is 2.13. The Bertz CT molecular complexity index is 566. The molecular formula is C16H19FN2. The maximum Gasteiger partial charge on any atom is 0.146 e. The third-order valence-corrected chi connectivity index (χ3v) is 3.28. The van der Waals surface area contributed by atoms with E-state index in [0.717, 1.165) is 12.1 Å². The molecular weight excluding hydrogens is 239 g/mol. The Morgan fingerprint density at radius 1 is 1.00 bits per heavy atom. The van der Waals surface area contributed by atoms with E-state index in [9.17, 15) is 4.39 Å². The van der Waals surface area contributed by atoms with E-state index in [4.69, 9.17) is 5.73 Å². The van der Waals surface area contributed by atoms with Crippen LogP contribution in [0, 0.1) is 12.7 Å². The molecule has 100 valence electrons. The average molecular weight is 258 g/mol. The largest absolute Gasteiger partial charge is 0.396 e. The summed E-state index contributed by atoms with van der Waals surface area (Å²) in [6.45, 7) is 3.56. The zero-order valence-electron chi connectivity index (χ0n) is 11.4. The molecule has 0 radical (unpaired) electrons. The summed E-state index contributed by atoms with van der Waals surface area (Å²) in [6, 6.07) is 13.2. The molecule has 0 amide bonds. The quantitative estimate of drug-likeness (QED) is 0.852. The van der Waals surface area contributed by atoms with Gasteiger partial charge in [0, 0.05) is 13.1 Å². The highest BCUT2D eigenvalue weighted by molar-refractivity contribution is 5.47. The number of hydrogen-bond acceptors (Lipinski definition) is 2. The van der Waals surface area contributed by atoms with Crippen molar-refractivity contribution in [2.45, 2.75) is 20.0 Å². The van der Waals surface area contributed by atoms with Crippen LogP contribution in [-0.2, 0) is 13.1 Å². The van der Waals surface area contributed by atoms with Crippen LogP contribution in [0.25, 0.3) is 0 Å². The summed E-state index contributed by atoms with van der Waals surface area (Å²) in [7, 11) is 2.01. The van der Waals surface area contributed by atoms with E-state index in [2.05, 4.69) is 24.0 Å². The maximum absolute atomic E-state index is 13.4. The van der Waals surface area contributed by atoms with Crippen LogP contribution in [0.4, 0.5) is 10.1 Å². The van der Waals surface area contributed by atoms with Crippen molar-refractivity contribution in [2.24, 2.45) is 0 Å². The standard InChI is InChI=1S/C16H19FN2/c1-12-6-3-4-7-13(12)10-19(2)11-14-8-5-9-15(17)16(14)18/h3-9H,10-11,18H2,1-2H3. The Labute approximate surface area is 113 Å². The van der Waals surface area contributed by atoms with Crippen molar-refractivity contribution in [1.29, 1.82) is 0 Å². The van der Waals surface area contributed by atoms with Crippen molar-refractivity contribution in [3.8, 4) is 0 Å². The van der Waals surface area contributed by atoms with E-state index in [-0.39, 0.29) is 11.5 Å². The number of benzene rings is 2. The van der Waals surface area contributed by atoms with E-state index in [1.165, 1.54) is 17.2 Å². The summed E-state index contributed by atoms with van der Waals surface area (Å²) in [6.07, 6.45) is 0. The number of aryl methyl sites for hydroxylation is 1. The van der Waals surface area contributed by atoms with Gasteiger partial charge in [-0.2, -0.15) is 0 Å². The van der Waals surface area contributed by atoms with Crippen LogP contribution in [-0.4, -0.2) is 11.9 Å². The normalized spacial score (nSPS) is 10.9. The summed E-state index contributed by atoms with van der Waals surface area (Å²) in [5.74, 6) is -0.346. The molecule has 2 rings (SSSR count). The monoisotopic (exact) mass is 258 g/mol. The Kier molecular flexibility index (Phi) is 4.17. The van der Waals surface area contributed by atoms with Gasteiger partial charge in [-0.3, -0.25) is 4.90 Å². The predicted octanol–water partition coefficient (Wildman–Crippen LogP) is 3.35. The molecule has 0 aliphatic carbocycles. The first kappa shape index (κ1) is 13.6. The van der Waals surface area contributed by atoms with Crippen molar-refractivity contribution < 1.29 is 4.39 Å². The summed E-state index contributed by atoms with van der Waals surface area (Å²) in [5.41, 5.74) is 9.37. The molecule has 0 unspecified atom stereocenters. The topological polar surface area (TPSA) is 29.3 Å². The smallest absolute Gasteiger partial charge is 0.146 e. The molecule has 0 bridgehead atoms. The van der Waals surface area contributed by atoms with E-state index < -0.39 is 0 Å². The third-order valence-electron chi connectivity index (χ3n) is 3.28. The van der Waals surface area contributed by atoms with Crippen LogP contribution in [0.5, 0.6) is 0 Å². The van der Waals surface area contributed by atoms with Crippen LogP contribution >= 0.6 is 0 Å². The lowest BCUT2D eigenvalue weighted by Crippen LogP contribution is -2.18. The summed E-state index contributed by atoms with van der Waals surface area (Å²) < 4.78 is 13.4. The third kappa shape index (κ3) is 3.32. The van der Waals surface area contributed by atoms with E-state index in [1.54, 1.807) is 6.07 Å². The first-order valence-electron chi connectivity index (χ1n) is 6.34. The second-order valence-corrected chi connectivity index (χ2v) is 4.91. The van der Waals surface area contributed by atoms with Gasteiger partial charge in [-0.15, -0.1) is 0 Å². The minimum absolute atomic E-state index is 0.249. The lowest BCUT2D eigenvalue weighted by molar-refractivity contribution is 0.318. The highest BCUT2D eigenvalue weighted by Crippen LogP contribution is 2.18. The lowest BCUT2D eigenvalue weighted by Gasteiger charge is -2.19. The first-order chi connectivity index (χ1) is 9.08. The Hall–Kier alpha value is -1.87. The van der Waals surface area contributed by atoms with Gasteiger partial charge in [0.05, 0.1) is 5.69 Å². The van der Waals surface area contributed by atoms with Gasteiger partial charge in [0.1, 0.15) is 5.82 Å². The average Bonchev–Trinajstić information content (AvgIpc) is 2.38. The number of anilines is 1. The molecule has 2 aromatic carbocycles. The zero-order valence-corrected chi connectivity index (χ0v) is 11.4. The van der Waals surface area contributed by atoms with Crippen LogP contribution in [0.2, 0.25) is 0 Å². The van der Waals surface area contributed by atoms with Gasteiger partial charge < -0.3 is 5.73 Å². The van der Waals surface area contributed by atoms with Crippen LogP contribution in [0.1, 0.15) is 16.7 Å². The van der Waals surface area contributed by atoms with Crippen LogP contribution in [0.3, 0.4) is 0 Å². The molecule has 0 fully saturated rings. The fraction of sp³-hybridized carbons (Fsp3) is 0.250. The van der Waals surface area contributed by atoms with E-state index >= 15 is 0 Å². The molecule has 3 heteroatoms. The fourth-order valence-corrected chi connectivity index (χ4v) is 2.14. The Morgan fingerprint density at radius 2 is 1.63 bits per heavy atom. The van der Waals surface area contributed by atoms with Gasteiger partial charge in [-0.1, -0.05) is 36.4 Å². The number of nitrogen functional groups attached to an aromatic ring is 1. The molecule has 0 saturated heterocycles. The van der Waals surface area contributed by atoms with Crippen LogP contribution in [0.15, 0.2) is 42.5 Å². The van der Waals surface area contributed by atoms with Crippen molar-refractivity contribution >= 4 is 5.69 Å². The molecule has 0 aromatic heterocycles. The van der Waals surface area contributed by atoms with Gasteiger partial charge in [0.25, 0.3) is 0 Å². The second-order valence-electron chi connectivity index (χ2n) is 4.91. The first-order valence-corrected chi connectivity index (χ1v) is 6.34. The van der Waals surface area contributed by atoms with Crippen molar-refractivity contribution in [3.05, 3.63) is 65.0 Å². The molecule has 19 heavy (non-hydrogen) atoms. The zero-order chi connectivity index (χ0) is 13.8. The van der Waals surface area contributed by atoms with E-state index in [0.29, 0.717) is 6.54 Å². The van der Waals surface area contributed by atoms with Gasteiger partial charge in [0.2, 0.25) is 0 Å². The number of rotatable bonds is 4. The molecule has 0 heterocycles. The van der Waals surface area contributed by atoms with Crippen molar-refractivity contribution in [1.82, 2.24) is 4.90 Å². The molecule has 2 N–H and O–H groups in total. The van der Waals surface area contributed by atoms with Crippen molar-refractivity contribution in [2.75, 3.05) is 12.8 Å². The molecule has 2 nitrogen and oxygen atoms in total. The number of nitrogens with two attached hydrogens (primary N) is 1. The number of halogens is 1. The molecule has 0 aliphatic rings. The number of hydrogen-bond donors (Lipinski definition) is 1. The minimum atomic E-state index is -0.346. The molecule has 0 atom stereocenters. The van der Waals surface area contributed by atoms with Crippen LogP contribution < -0.4 is 5.73 Å². The van der Waals surface area contributed by atoms with Gasteiger partial charge in [0.15, 0.2) is 0 Å². The summed E-state index contributed by atoms with van der Waals surface area (Å²) >= 11 is 0. The van der Waals surface area contributed by atoms with Gasteiger partial charge >= 0.3 is 0 Å². The molecule has 2 aromatic rings. The Morgan fingerprint density at radius 3 is 2.37 bits per heavy atom. The highest BCUT2D eigenvalue weighted by Gasteiger charge is 2.08.